The van der Waals surface area contributed by atoms with Crippen molar-refractivity contribution in [3.63, 3.8) is 0 Å². The molecule has 33 heavy (non-hydrogen) atoms. The summed E-state index contributed by atoms with van der Waals surface area (Å²) in [6.07, 6.45) is 0. The normalized spacial score (nSPS) is 21.1. The lowest BCUT2D eigenvalue weighted by Crippen LogP contribution is -2.50. The molecule has 1 spiro atoms. The Morgan fingerprint density at radius 3 is 2.15 bits per heavy atom. The summed E-state index contributed by atoms with van der Waals surface area (Å²) in [6, 6.07) is 36.3. The highest BCUT2D eigenvalue weighted by Gasteiger charge is 2.62. The number of benzene rings is 4. The number of carbonyl (C=O) groups excluding carboxylic acids is 1. The molecule has 0 saturated carbocycles. The van der Waals surface area contributed by atoms with Gasteiger partial charge in [-0.15, -0.1) is 0 Å². The lowest BCUT2D eigenvalue weighted by Gasteiger charge is -2.37. The molecule has 160 valence electrons. The first-order chi connectivity index (χ1) is 16.2. The Morgan fingerprint density at radius 2 is 1.45 bits per heavy atom. The predicted molar refractivity (Wildman–Crippen MR) is 136 cm³/mol. The van der Waals surface area contributed by atoms with Gasteiger partial charge in [0.2, 0.25) is 0 Å². The average Bonchev–Trinajstić information content (AvgIpc) is 3.36. The highest BCUT2D eigenvalue weighted by molar-refractivity contribution is 9.10. The Labute approximate surface area is 200 Å². The number of hydrogen-bond donors (Lipinski definition) is 1. The minimum absolute atomic E-state index is 0.0806. The predicted octanol–water partition coefficient (Wildman–Crippen LogP) is 6.30. The molecule has 2 unspecified atom stereocenters. The second-order valence-corrected chi connectivity index (χ2v) is 9.17. The van der Waals surface area contributed by atoms with Crippen LogP contribution in [0, 0.1) is 0 Å². The van der Waals surface area contributed by atoms with Crippen LogP contribution in [0.1, 0.15) is 22.6 Å². The number of amides is 1. The fourth-order valence-electron chi connectivity index (χ4n) is 5.06. The van der Waals surface area contributed by atoms with Gasteiger partial charge in [0.1, 0.15) is 0 Å². The van der Waals surface area contributed by atoms with Crippen LogP contribution in [0.3, 0.4) is 0 Å². The summed E-state index contributed by atoms with van der Waals surface area (Å²) in [4.78, 5) is 14.1. The number of nitrogens with zero attached hydrogens (tertiary/aromatic N) is 2. The fraction of sp³-hybridized carbons (Fsp3) is 0.0714. The van der Waals surface area contributed by atoms with E-state index in [-0.39, 0.29) is 11.8 Å². The first kappa shape index (κ1) is 19.9. The summed E-state index contributed by atoms with van der Waals surface area (Å²) in [5, 5.41) is 10.2. The Hall–Kier alpha value is -3.70. The average molecular weight is 494 g/mol. The molecule has 0 fully saturated rings. The maximum absolute atomic E-state index is 14.1. The Morgan fingerprint density at radius 1 is 0.818 bits per heavy atom. The number of anilines is 2. The molecule has 5 heteroatoms. The lowest BCUT2D eigenvalue weighted by atomic mass is 9.72. The fourth-order valence-corrected chi connectivity index (χ4v) is 5.42. The van der Waals surface area contributed by atoms with Gasteiger partial charge in [-0.25, -0.2) is 5.01 Å². The van der Waals surface area contributed by atoms with E-state index in [1.807, 2.05) is 89.9 Å². The first-order valence-electron chi connectivity index (χ1n) is 10.9. The standard InChI is InChI=1S/C28H20BrN3O/c29-21-16-17-23-24(18-21)30-27(33)28(23)25(19-10-4-1-5-11-19)26(20-12-6-2-7-13-20)31-32(28)22-14-8-3-9-15-22/h1-18,25H,(H,30,33). The molecule has 0 saturated heterocycles. The number of nitrogens with one attached hydrogen (secondary N) is 1. The lowest BCUT2D eigenvalue weighted by molar-refractivity contribution is -0.120. The Kier molecular flexibility index (Phi) is 4.66. The van der Waals surface area contributed by atoms with Gasteiger partial charge in [-0.3, -0.25) is 4.79 Å². The quantitative estimate of drug-likeness (QED) is 0.363. The summed E-state index contributed by atoms with van der Waals surface area (Å²) < 4.78 is 0.920. The molecule has 2 heterocycles. The molecule has 1 N–H and O–H groups in total. The molecule has 2 aliphatic heterocycles. The van der Waals surface area contributed by atoms with E-state index >= 15 is 0 Å². The van der Waals surface area contributed by atoms with E-state index in [0.29, 0.717) is 0 Å². The number of rotatable bonds is 3. The van der Waals surface area contributed by atoms with Gasteiger partial charge in [-0.2, -0.15) is 5.10 Å². The summed E-state index contributed by atoms with van der Waals surface area (Å²) in [6.45, 7) is 0. The van der Waals surface area contributed by atoms with E-state index in [2.05, 4.69) is 45.5 Å². The second-order valence-electron chi connectivity index (χ2n) is 8.25. The van der Waals surface area contributed by atoms with Crippen molar-refractivity contribution in [1.82, 2.24) is 0 Å². The number of hydrazone groups is 1. The minimum Gasteiger partial charge on any atom is -0.323 e. The van der Waals surface area contributed by atoms with Gasteiger partial charge >= 0.3 is 0 Å². The van der Waals surface area contributed by atoms with Gasteiger partial charge in [0.05, 0.1) is 17.3 Å². The molecule has 2 atom stereocenters. The number of fused-ring (bicyclic) bond motifs is 2. The van der Waals surface area contributed by atoms with Gasteiger partial charge in [0.25, 0.3) is 5.91 Å². The third-order valence-corrected chi connectivity index (χ3v) is 6.92. The van der Waals surface area contributed by atoms with Crippen LogP contribution >= 0.6 is 15.9 Å². The van der Waals surface area contributed by atoms with E-state index in [1.54, 1.807) is 0 Å². The van der Waals surface area contributed by atoms with Crippen molar-refractivity contribution in [2.45, 2.75) is 11.5 Å². The van der Waals surface area contributed by atoms with Crippen LogP contribution in [0.25, 0.3) is 0 Å². The third kappa shape index (κ3) is 2.96. The van der Waals surface area contributed by atoms with Crippen molar-refractivity contribution in [3.05, 3.63) is 130 Å². The van der Waals surface area contributed by atoms with E-state index in [0.717, 1.165) is 38.2 Å². The van der Waals surface area contributed by atoms with Crippen LogP contribution in [-0.2, 0) is 10.3 Å². The molecule has 4 nitrogen and oxygen atoms in total. The third-order valence-electron chi connectivity index (χ3n) is 6.42. The zero-order chi connectivity index (χ0) is 22.4. The smallest absolute Gasteiger partial charge is 0.258 e. The summed E-state index contributed by atoms with van der Waals surface area (Å²) in [7, 11) is 0. The van der Waals surface area contributed by atoms with Crippen LogP contribution in [0.5, 0.6) is 0 Å². The molecule has 6 rings (SSSR count). The van der Waals surface area contributed by atoms with Crippen molar-refractivity contribution in [3.8, 4) is 0 Å². The van der Waals surface area contributed by atoms with Gasteiger partial charge in [-0.05, 0) is 35.4 Å². The van der Waals surface area contributed by atoms with Crippen molar-refractivity contribution in [2.24, 2.45) is 5.10 Å². The maximum Gasteiger partial charge on any atom is 0.258 e. The first-order valence-corrected chi connectivity index (χ1v) is 11.6. The van der Waals surface area contributed by atoms with Crippen LogP contribution in [-0.4, -0.2) is 11.6 Å². The van der Waals surface area contributed by atoms with Crippen molar-refractivity contribution in [2.75, 3.05) is 10.3 Å². The molecule has 4 aromatic carbocycles. The van der Waals surface area contributed by atoms with Crippen LogP contribution in [0.15, 0.2) is 119 Å². The largest absolute Gasteiger partial charge is 0.323 e. The van der Waals surface area contributed by atoms with E-state index in [1.165, 1.54) is 0 Å². The van der Waals surface area contributed by atoms with Crippen LogP contribution < -0.4 is 10.3 Å². The zero-order valence-corrected chi connectivity index (χ0v) is 19.2. The topological polar surface area (TPSA) is 44.7 Å². The molecule has 0 radical (unpaired) electrons. The highest BCUT2D eigenvalue weighted by atomic mass is 79.9. The molecular weight excluding hydrogens is 474 g/mol. The Bertz CT molecular complexity index is 1370. The molecular formula is C28H20BrN3O. The Balaban J connectivity index is 1.69. The maximum atomic E-state index is 14.1. The molecule has 4 aromatic rings. The minimum atomic E-state index is -1.05. The molecule has 0 aromatic heterocycles. The number of carbonyl (C=O) groups is 1. The van der Waals surface area contributed by atoms with Crippen molar-refractivity contribution >= 4 is 38.9 Å². The van der Waals surface area contributed by atoms with Gasteiger partial charge in [0.15, 0.2) is 5.54 Å². The molecule has 1 amide bonds. The van der Waals surface area contributed by atoms with Crippen LogP contribution in [0.2, 0.25) is 0 Å². The van der Waals surface area contributed by atoms with Gasteiger partial charge in [0, 0.05) is 15.7 Å². The molecule has 0 aliphatic carbocycles. The number of hydrogen-bond acceptors (Lipinski definition) is 3. The van der Waals surface area contributed by atoms with E-state index < -0.39 is 5.54 Å². The monoisotopic (exact) mass is 493 g/mol. The van der Waals surface area contributed by atoms with E-state index in [9.17, 15) is 4.79 Å². The molecule has 2 aliphatic rings. The summed E-state index contributed by atoms with van der Waals surface area (Å²) >= 11 is 3.56. The highest BCUT2D eigenvalue weighted by Crippen LogP contribution is 2.56. The summed E-state index contributed by atoms with van der Waals surface area (Å²) in [5.74, 6) is -0.383. The zero-order valence-electron chi connectivity index (χ0n) is 17.7. The van der Waals surface area contributed by atoms with Crippen LogP contribution in [0.4, 0.5) is 11.4 Å². The van der Waals surface area contributed by atoms with E-state index in [4.69, 9.17) is 5.10 Å². The second kappa shape index (κ2) is 7.71. The number of halogens is 1. The summed E-state index contributed by atoms with van der Waals surface area (Å²) in [5.41, 5.74) is 4.46. The molecule has 0 bridgehead atoms. The SMILES string of the molecule is O=C1Nc2cc(Br)ccc2C12C(c1ccccc1)C(c1ccccc1)=NN2c1ccccc1. The number of para-hydroxylation sites is 1. The van der Waals surface area contributed by atoms with Crippen molar-refractivity contribution in [1.29, 1.82) is 0 Å². The van der Waals surface area contributed by atoms with Crippen molar-refractivity contribution < 1.29 is 4.79 Å². The van der Waals surface area contributed by atoms with Gasteiger partial charge < -0.3 is 5.32 Å². The van der Waals surface area contributed by atoms with Gasteiger partial charge in [-0.1, -0.05) is 101 Å².